The van der Waals surface area contributed by atoms with Crippen LogP contribution in [0.1, 0.15) is 40.6 Å². The monoisotopic (exact) mass is 553 g/mol. The van der Waals surface area contributed by atoms with Crippen molar-refractivity contribution in [1.82, 2.24) is 0 Å². The lowest BCUT2D eigenvalue weighted by molar-refractivity contribution is 0.282. The Morgan fingerprint density at radius 3 is 2.62 bits per heavy atom. The Labute approximate surface area is 206 Å². The highest BCUT2D eigenvalue weighted by molar-refractivity contribution is 9.10. The van der Waals surface area contributed by atoms with Gasteiger partial charge in [0.15, 0.2) is 11.5 Å². The third-order valence-corrected chi connectivity index (χ3v) is 7.52. The molecule has 0 amide bonds. The van der Waals surface area contributed by atoms with Crippen LogP contribution in [0.4, 0.5) is 5.69 Å². The van der Waals surface area contributed by atoms with Crippen molar-refractivity contribution >= 4 is 37.5 Å². The first kappa shape index (κ1) is 21.6. The van der Waals surface area contributed by atoms with Crippen LogP contribution in [0, 0.1) is 12.8 Å². The number of fused-ring (bicyclic) bond motifs is 3. The molecule has 3 aromatic rings. The zero-order chi connectivity index (χ0) is 22.2. The molecule has 3 aromatic carbocycles. The van der Waals surface area contributed by atoms with Crippen LogP contribution in [-0.4, -0.2) is 7.11 Å². The number of benzene rings is 3. The molecule has 1 heterocycles. The molecular weight excluding hydrogens is 530 g/mol. The van der Waals surface area contributed by atoms with E-state index < -0.39 is 0 Å². The molecule has 0 fully saturated rings. The van der Waals surface area contributed by atoms with Gasteiger partial charge in [-0.3, -0.25) is 0 Å². The zero-order valence-corrected chi connectivity index (χ0v) is 21.2. The molecule has 1 aliphatic carbocycles. The zero-order valence-electron chi connectivity index (χ0n) is 18.1. The van der Waals surface area contributed by atoms with Gasteiger partial charge in [0.25, 0.3) is 0 Å². The first-order valence-corrected chi connectivity index (χ1v) is 12.4. The van der Waals surface area contributed by atoms with Gasteiger partial charge in [-0.1, -0.05) is 57.9 Å². The normalized spacial score (nSPS) is 20.9. The highest BCUT2D eigenvalue weighted by Gasteiger charge is 2.38. The largest absolute Gasteiger partial charge is 0.493 e. The van der Waals surface area contributed by atoms with Gasteiger partial charge in [0.2, 0.25) is 0 Å². The molecule has 0 bridgehead atoms. The van der Waals surface area contributed by atoms with Crippen molar-refractivity contribution < 1.29 is 9.47 Å². The summed E-state index contributed by atoms with van der Waals surface area (Å²) in [7, 11) is 1.70. The Kier molecular flexibility index (Phi) is 6.04. The fourth-order valence-corrected chi connectivity index (χ4v) is 5.75. The number of methoxy groups -OCH3 is 1. The SMILES string of the molecule is COc1cc([C@@H]2Nc3ccc(Br)cc3[C@@H]3C=CC[C@@H]32)cc(Br)c1OCc1ccc(C)cc1. The number of halogens is 2. The minimum Gasteiger partial charge on any atom is -0.493 e. The molecule has 5 heteroatoms. The minimum absolute atomic E-state index is 0.194. The number of anilines is 1. The molecule has 0 saturated carbocycles. The number of ether oxygens (including phenoxy) is 2. The second-order valence-electron chi connectivity index (χ2n) is 8.52. The average Bonchev–Trinajstić information content (AvgIpc) is 3.29. The molecule has 0 unspecified atom stereocenters. The third-order valence-electron chi connectivity index (χ3n) is 6.44. The van der Waals surface area contributed by atoms with Crippen molar-refractivity contribution in [2.75, 3.05) is 12.4 Å². The highest BCUT2D eigenvalue weighted by Crippen LogP contribution is 2.51. The maximum absolute atomic E-state index is 6.17. The lowest BCUT2D eigenvalue weighted by Gasteiger charge is -2.38. The van der Waals surface area contributed by atoms with Crippen LogP contribution < -0.4 is 14.8 Å². The van der Waals surface area contributed by atoms with Crippen LogP contribution in [0.2, 0.25) is 0 Å². The topological polar surface area (TPSA) is 30.5 Å². The van der Waals surface area contributed by atoms with Gasteiger partial charge in [-0.15, -0.1) is 0 Å². The molecule has 164 valence electrons. The summed E-state index contributed by atoms with van der Waals surface area (Å²) in [6, 6.07) is 19.4. The molecule has 0 saturated heterocycles. The van der Waals surface area contributed by atoms with E-state index in [-0.39, 0.29) is 6.04 Å². The second-order valence-corrected chi connectivity index (χ2v) is 10.3. The summed E-state index contributed by atoms with van der Waals surface area (Å²) >= 11 is 7.38. The van der Waals surface area contributed by atoms with E-state index in [0.717, 1.165) is 32.4 Å². The molecule has 32 heavy (non-hydrogen) atoms. The van der Waals surface area contributed by atoms with Crippen LogP contribution in [0.3, 0.4) is 0 Å². The molecule has 5 rings (SSSR count). The molecule has 3 nitrogen and oxygen atoms in total. The summed E-state index contributed by atoms with van der Waals surface area (Å²) < 4.78 is 14.0. The second kappa shape index (κ2) is 8.95. The van der Waals surface area contributed by atoms with Gasteiger partial charge in [0.1, 0.15) is 6.61 Å². The first-order valence-electron chi connectivity index (χ1n) is 10.8. The molecular formula is C27H25Br2NO2. The Morgan fingerprint density at radius 2 is 1.84 bits per heavy atom. The predicted octanol–water partition coefficient (Wildman–Crippen LogP) is 7.93. The van der Waals surface area contributed by atoms with Crippen molar-refractivity contribution in [1.29, 1.82) is 0 Å². The summed E-state index contributed by atoms with van der Waals surface area (Å²) in [6.07, 6.45) is 5.72. The number of hydrogen-bond donors (Lipinski definition) is 1. The summed E-state index contributed by atoms with van der Waals surface area (Å²) in [5.41, 5.74) is 6.12. The van der Waals surface area contributed by atoms with Gasteiger partial charge < -0.3 is 14.8 Å². The average molecular weight is 555 g/mol. The number of nitrogens with one attached hydrogen (secondary N) is 1. The van der Waals surface area contributed by atoms with E-state index in [4.69, 9.17) is 9.47 Å². The van der Waals surface area contributed by atoms with Gasteiger partial charge in [-0.2, -0.15) is 0 Å². The quantitative estimate of drug-likeness (QED) is 0.325. The van der Waals surface area contributed by atoms with Gasteiger partial charge in [-0.05, 0) is 82.2 Å². The first-order chi connectivity index (χ1) is 15.5. The molecule has 1 N–H and O–H groups in total. The molecule has 0 spiro atoms. The maximum Gasteiger partial charge on any atom is 0.175 e. The van der Waals surface area contributed by atoms with E-state index in [0.29, 0.717) is 18.4 Å². The summed E-state index contributed by atoms with van der Waals surface area (Å²) in [6.45, 7) is 2.58. The van der Waals surface area contributed by atoms with Crippen LogP contribution in [0.15, 0.2) is 75.7 Å². The van der Waals surface area contributed by atoms with E-state index in [1.165, 1.54) is 22.4 Å². The molecule has 0 radical (unpaired) electrons. The van der Waals surface area contributed by atoms with Gasteiger partial charge >= 0.3 is 0 Å². The Balaban J connectivity index is 1.44. The maximum atomic E-state index is 6.17. The molecule has 1 aliphatic heterocycles. The van der Waals surface area contributed by atoms with Crippen molar-refractivity contribution in [3.05, 3.63) is 97.9 Å². The third kappa shape index (κ3) is 4.08. The van der Waals surface area contributed by atoms with Crippen molar-refractivity contribution in [3.63, 3.8) is 0 Å². The van der Waals surface area contributed by atoms with Crippen LogP contribution in [0.25, 0.3) is 0 Å². The van der Waals surface area contributed by atoms with E-state index in [9.17, 15) is 0 Å². The molecule has 3 atom stereocenters. The standard InChI is InChI=1S/C27H25Br2NO2/c1-16-6-8-17(9-7-16)15-32-27-23(29)12-18(13-25(27)31-2)26-21-5-3-4-20(21)22-14-19(28)10-11-24(22)30-26/h3-4,6-14,20-21,26,30H,5,15H2,1-2H3/t20-,21+,26+/m1/s1. The van der Waals surface area contributed by atoms with Crippen LogP contribution >= 0.6 is 31.9 Å². The summed E-state index contributed by atoms with van der Waals surface area (Å²) in [5.74, 6) is 2.36. The lowest BCUT2D eigenvalue weighted by Crippen LogP contribution is -2.29. The van der Waals surface area contributed by atoms with Gasteiger partial charge in [-0.25, -0.2) is 0 Å². The Morgan fingerprint density at radius 1 is 1.03 bits per heavy atom. The molecule has 0 aromatic heterocycles. The van der Waals surface area contributed by atoms with Gasteiger partial charge in [0, 0.05) is 16.1 Å². The molecule has 2 aliphatic rings. The summed E-state index contributed by atoms with van der Waals surface area (Å²) in [5, 5.41) is 3.79. The number of hydrogen-bond acceptors (Lipinski definition) is 3. The van der Waals surface area contributed by atoms with Crippen molar-refractivity contribution in [2.24, 2.45) is 5.92 Å². The number of rotatable bonds is 5. The Hall–Kier alpha value is -2.24. The minimum atomic E-state index is 0.194. The van der Waals surface area contributed by atoms with Crippen molar-refractivity contribution in [3.8, 4) is 11.5 Å². The van der Waals surface area contributed by atoms with E-state index in [2.05, 4.69) is 111 Å². The Bertz CT molecular complexity index is 1170. The summed E-state index contributed by atoms with van der Waals surface area (Å²) in [4.78, 5) is 0. The lowest BCUT2D eigenvalue weighted by atomic mass is 9.77. The van der Waals surface area contributed by atoms with E-state index >= 15 is 0 Å². The van der Waals surface area contributed by atoms with E-state index in [1.54, 1.807) is 7.11 Å². The number of aryl methyl sites for hydroxylation is 1. The van der Waals surface area contributed by atoms with Crippen molar-refractivity contribution in [2.45, 2.75) is 31.9 Å². The van der Waals surface area contributed by atoms with Crippen LogP contribution in [-0.2, 0) is 6.61 Å². The fraction of sp³-hybridized carbons (Fsp3) is 0.259. The highest BCUT2D eigenvalue weighted by atomic mass is 79.9. The fourth-order valence-electron chi connectivity index (χ4n) is 4.79. The predicted molar refractivity (Wildman–Crippen MR) is 137 cm³/mol. The van der Waals surface area contributed by atoms with E-state index in [1.807, 2.05) is 0 Å². The van der Waals surface area contributed by atoms with Crippen LogP contribution in [0.5, 0.6) is 11.5 Å². The smallest absolute Gasteiger partial charge is 0.175 e. The van der Waals surface area contributed by atoms with Gasteiger partial charge in [0.05, 0.1) is 17.6 Å². The number of allylic oxidation sites excluding steroid dienone is 2.